The van der Waals surface area contributed by atoms with E-state index in [0.717, 1.165) is 31.1 Å². The van der Waals surface area contributed by atoms with E-state index >= 15 is 0 Å². The zero-order valence-electron chi connectivity index (χ0n) is 17.7. The van der Waals surface area contributed by atoms with Crippen molar-refractivity contribution < 1.29 is 13.9 Å². The second kappa shape index (κ2) is 11.7. The maximum atomic E-state index is 13.5. The fourth-order valence-corrected chi connectivity index (χ4v) is 3.96. The molecule has 6 nitrogen and oxygen atoms in total. The van der Waals surface area contributed by atoms with Gasteiger partial charge in [0.2, 0.25) is 0 Å². The van der Waals surface area contributed by atoms with Gasteiger partial charge in [0.1, 0.15) is 18.0 Å². The van der Waals surface area contributed by atoms with Crippen LogP contribution in [0.3, 0.4) is 0 Å². The molecule has 32 heavy (non-hydrogen) atoms. The van der Waals surface area contributed by atoms with Crippen molar-refractivity contribution >= 4 is 58.8 Å². The Kier molecular flexibility index (Phi) is 9.58. The number of halogens is 4. The van der Waals surface area contributed by atoms with E-state index in [9.17, 15) is 4.39 Å². The minimum Gasteiger partial charge on any atom is -0.493 e. The van der Waals surface area contributed by atoms with Crippen LogP contribution in [0, 0.1) is 5.82 Å². The molecule has 1 aliphatic carbocycles. The molecule has 1 aromatic heterocycles. The van der Waals surface area contributed by atoms with Crippen LogP contribution in [0.25, 0.3) is 10.9 Å². The second-order valence-corrected chi connectivity index (χ2v) is 7.78. The number of hydrogen-bond acceptors (Lipinski definition) is 6. The number of fused-ring (bicyclic) bond motifs is 1. The smallest absolute Gasteiger partial charge is 0.162 e. The van der Waals surface area contributed by atoms with E-state index in [4.69, 9.17) is 21.1 Å². The van der Waals surface area contributed by atoms with E-state index in [1.165, 1.54) is 18.5 Å². The summed E-state index contributed by atoms with van der Waals surface area (Å²) >= 11 is 5.90. The van der Waals surface area contributed by atoms with Crippen LogP contribution in [0.4, 0.5) is 15.9 Å². The zero-order valence-corrected chi connectivity index (χ0v) is 20.1. The molecule has 0 amide bonds. The maximum absolute atomic E-state index is 13.5. The molecule has 2 N–H and O–H groups in total. The molecule has 1 saturated carbocycles. The fourth-order valence-electron chi connectivity index (χ4n) is 3.77. The van der Waals surface area contributed by atoms with E-state index in [0.29, 0.717) is 34.6 Å². The minimum absolute atomic E-state index is 0. The highest BCUT2D eigenvalue weighted by Crippen LogP contribution is 2.37. The summed E-state index contributed by atoms with van der Waals surface area (Å²) in [5.74, 6) is 1.40. The molecule has 174 valence electrons. The summed E-state index contributed by atoms with van der Waals surface area (Å²) in [6.45, 7) is 0. The number of rotatable bonds is 6. The molecule has 1 heterocycles. The number of benzene rings is 2. The molecule has 0 aliphatic heterocycles. The summed E-state index contributed by atoms with van der Waals surface area (Å²) in [6, 6.07) is 8.73. The first kappa shape index (κ1) is 26.2. The molecule has 10 heteroatoms. The molecule has 3 aromatic rings. The van der Waals surface area contributed by atoms with Crippen LogP contribution in [0.15, 0.2) is 36.7 Å². The lowest BCUT2D eigenvalue weighted by Gasteiger charge is -2.29. The average molecular weight is 504 g/mol. The van der Waals surface area contributed by atoms with Crippen molar-refractivity contribution in [3.05, 3.63) is 47.5 Å². The number of nitrogens with one attached hydrogen (secondary N) is 2. The fraction of sp³-hybridized carbons (Fsp3) is 0.364. The Morgan fingerprint density at radius 1 is 1.03 bits per heavy atom. The van der Waals surface area contributed by atoms with Crippen molar-refractivity contribution in [2.45, 2.75) is 37.8 Å². The van der Waals surface area contributed by atoms with E-state index in [2.05, 4.69) is 20.6 Å². The van der Waals surface area contributed by atoms with Crippen LogP contribution in [0.5, 0.6) is 11.5 Å². The standard InChI is InChI=1S/C22H24ClFN4O2.2ClH/c1-25-13-3-6-15(7-4-13)30-21-10-16-19(11-20(21)29-2)26-12-27-22(16)28-14-5-8-18(24)17(23)9-14;;/h5,8-13,15,25H,3-4,6-7H2,1-2H3,(H,26,27,28);2*1H. The summed E-state index contributed by atoms with van der Waals surface area (Å²) in [4.78, 5) is 8.71. The van der Waals surface area contributed by atoms with E-state index in [-0.39, 0.29) is 35.9 Å². The molecule has 0 bridgehead atoms. The summed E-state index contributed by atoms with van der Waals surface area (Å²) in [5.41, 5.74) is 1.34. The van der Waals surface area contributed by atoms with Gasteiger partial charge in [0, 0.05) is 23.2 Å². The van der Waals surface area contributed by atoms with Gasteiger partial charge in [-0.2, -0.15) is 0 Å². The lowest BCUT2D eigenvalue weighted by Crippen LogP contribution is -2.34. The Morgan fingerprint density at radius 2 is 1.78 bits per heavy atom. The van der Waals surface area contributed by atoms with Gasteiger partial charge in [-0.3, -0.25) is 0 Å². The Bertz CT molecular complexity index is 1050. The topological polar surface area (TPSA) is 68.3 Å². The van der Waals surface area contributed by atoms with E-state index < -0.39 is 5.82 Å². The second-order valence-electron chi connectivity index (χ2n) is 7.38. The highest BCUT2D eigenvalue weighted by molar-refractivity contribution is 6.31. The number of nitrogens with zero attached hydrogens (tertiary/aromatic N) is 2. The normalized spacial score (nSPS) is 17.8. The molecular formula is C22H26Cl3FN4O2. The number of anilines is 2. The Labute approximate surface area is 204 Å². The number of methoxy groups -OCH3 is 1. The molecule has 0 atom stereocenters. The monoisotopic (exact) mass is 502 g/mol. The van der Waals surface area contributed by atoms with Crippen LogP contribution in [-0.4, -0.2) is 36.3 Å². The van der Waals surface area contributed by atoms with Gasteiger partial charge in [-0.05, 0) is 57.0 Å². The van der Waals surface area contributed by atoms with Crippen molar-refractivity contribution in [3.8, 4) is 11.5 Å². The molecule has 0 spiro atoms. The number of ether oxygens (including phenoxy) is 2. The molecule has 2 aromatic carbocycles. The van der Waals surface area contributed by atoms with Gasteiger partial charge in [0.25, 0.3) is 0 Å². The minimum atomic E-state index is -0.469. The maximum Gasteiger partial charge on any atom is 0.162 e. The third-order valence-corrected chi connectivity index (χ3v) is 5.77. The van der Waals surface area contributed by atoms with Crippen molar-refractivity contribution in [1.82, 2.24) is 15.3 Å². The van der Waals surface area contributed by atoms with Crippen molar-refractivity contribution in [2.75, 3.05) is 19.5 Å². The molecule has 1 fully saturated rings. The van der Waals surface area contributed by atoms with Crippen LogP contribution in [-0.2, 0) is 0 Å². The lowest BCUT2D eigenvalue weighted by atomic mass is 9.93. The van der Waals surface area contributed by atoms with Gasteiger partial charge in [-0.15, -0.1) is 24.8 Å². The lowest BCUT2D eigenvalue weighted by molar-refractivity contribution is 0.137. The largest absolute Gasteiger partial charge is 0.493 e. The average Bonchev–Trinajstić information content (AvgIpc) is 2.77. The van der Waals surface area contributed by atoms with Gasteiger partial charge in [0.05, 0.1) is 23.8 Å². The van der Waals surface area contributed by atoms with Crippen molar-refractivity contribution in [1.29, 1.82) is 0 Å². The third-order valence-electron chi connectivity index (χ3n) is 5.48. The SMILES string of the molecule is CNC1CCC(Oc2cc3c(Nc4ccc(F)c(Cl)c4)ncnc3cc2OC)CC1.Cl.Cl. The summed E-state index contributed by atoms with van der Waals surface area (Å²) in [5, 5.41) is 7.34. The summed E-state index contributed by atoms with van der Waals surface area (Å²) < 4.78 is 25.3. The van der Waals surface area contributed by atoms with Crippen LogP contribution in [0.2, 0.25) is 5.02 Å². The molecule has 0 saturated heterocycles. The van der Waals surface area contributed by atoms with Crippen LogP contribution in [0.1, 0.15) is 25.7 Å². The van der Waals surface area contributed by atoms with Crippen LogP contribution >= 0.6 is 36.4 Å². The summed E-state index contributed by atoms with van der Waals surface area (Å²) in [6.07, 6.45) is 5.73. The van der Waals surface area contributed by atoms with Gasteiger partial charge in [-0.1, -0.05) is 11.6 Å². The Morgan fingerprint density at radius 3 is 2.44 bits per heavy atom. The quantitative estimate of drug-likeness (QED) is 0.435. The van der Waals surface area contributed by atoms with Gasteiger partial charge >= 0.3 is 0 Å². The predicted molar refractivity (Wildman–Crippen MR) is 131 cm³/mol. The highest BCUT2D eigenvalue weighted by atomic mass is 35.5. The first-order chi connectivity index (χ1) is 14.6. The molecule has 4 rings (SSSR count). The molecule has 0 unspecified atom stereocenters. The first-order valence-corrected chi connectivity index (χ1v) is 10.3. The predicted octanol–water partition coefficient (Wildman–Crippen LogP) is 5.93. The van der Waals surface area contributed by atoms with Crippen molar-refractivity contribution in [3.63, 3.8) is 0 Å². The van der Waals surface area contributed by atoms with E-state index in [1.807, 2.05) is 19.2 Å². The molecule has 1 aliphatic rings. The van der Waals surface area contributed by atoms with Gasteiger partial charge in [0.15, 0.2) is 11.5 Å². The van der Waals surface area contributed by atoms with Gasteiger partial charge in [-0.25, -0.2) is 14.4 Å². The molecule has 0 radical (unpaired) electrons. The highest BCUT2D eigenvalue weighted by Gasteiger charge is 2.23. The van der Waals surface area contributed by atoms with Crippen LogP contribution < -0.4 is 20.1 Å². The third kappa shape index (κ3) is 5.84. The molecular weight excluding hydrogens is 478 g/mol. The number of hydrogen-bond donors (Lipinski definition) is 2. The first-order valence-electron chi connectivity index (χ1n) is 9.96. The summed E-state index contributed by atoms with van der Waals surface area (Å²) in [7, 11) is 3.62. The zero-order chi connectivity index (χ0) is 21.1. The Hall–Kier alpha value is -2.06. The number of aromatic nitrogens is 2. The Balaban J connectivity index is 0.00000181. The van der Waals surface area contributed by atoms with Crippen molar-refractivity contribution in [2.24, 2.45) is 0 Å². The van der Waals surface area contributed by atoms with E-state index in [1.54, 1.807) is 13.2 Å². The van der Waals surface area contributed by atoms with Gasteiger partial charge < -0.3 is 20.1 Å².